The van der Waals surface area contributed by atoms with Crippen LogP contribution in [0.1, 0.15) is 45.4 Å². The van der Waals surface area contributed by atoms with Crippen molar-refractivity contribution in [2.45, 2.75) is 51.5 Å². The largest absolute Gasteiger partial charge is 0.351 e. The van der Waals surface area contributed by atoms with Gasteiger partial charge in [-0.3, -0.25) is 0 Å². The fourth-order valence-electron chi connectivity index (χ4n) is 2.58. The molecule has 0 bridgehead atoms. The van der Waals surface area contributed by atoms with Crippen molar-refractivity contribution in [1.82, 2.24) is 15.0 Å². The Bertz CT molecular complexity index is 371. The molecule has 6 heteroatoms. The van der Waals surface area contributed by atoms with Gasteiger partial charge in [-0.2, -0.15) is 15.0 Å². The first kappa shape index (κ1) is 13.8. The molecule has 0 spiro atoms. The zero-order valence-electron chi connectivity index (χ0n) is 10.5. The van der Waals surface area contributed by atoms with E-state index in [1.54, 1.807) is 0 Å². The molecule has 1 N–H and O–H groups in total. The molecule has 1 fully saturated rings. The number of rotatable bonds is 4. The van der Waals surface area contributed by atoms with Gasteiger partial charge in [0.05, 0.1) is 0 Å². The molecule has 0 amide bonds. The van der Waals surface area contributed by atoms with Gasteiger partial charge in [0.1, 0.15) is 0 Å². The number of nitrogens with one attached hydrogen (secondary N) is 1. The molecule has 1 aliphatic rings. The highest BCUT2D eigenvalue weighted by Gasteiger charge is 2.21. The monoisotopic (exact) mass is 288 g/mol. The lowest BCUT2D eigenvalue weighted by molar-refractivity contribution is 0.318. The summed E-state index contributed by atoms with van der Waals surface area (Å²) in [6.07, 6.45) is 7.49. The van der Waals surface area contributed by atoms with Gasteiger partial charge >= 0.3 is 0 Å². The van der Waals surface area contributed by atoms with Gasteiger partial charge in [-0.05, 0) is 54.8 Å². The molecule has 100 valence electrons. The topological polar surface area (TPSA) is 50.7 Å². The highest BCUT2D eigenvalue weighted by Crippen LogP contribution is 2.29. The van der Waals surface area contributed by atoms with Crippen LogP contribution in [0.25, 0.3) is 0 Å². The average molecular weight is 289 g/mol. The van der Waals surface area contributed by atoms with E-state index in [9.17, 15) is 0 Å². The molecular formula is C12H18Cl2N4. The number of hydrogen-bond donors (Lipinski definition) is 1. The van der Waals surface area contributed by atoms with Crippen molar-refractivity contribution < 1.29 is 0 Å². The molecule has 4 nitrogen and oxygen atoms in total. The minimum Gasteiger partial charge on any atom is -0.351 e. The Labute approximate surface area is 118 Å². The molecule has 1 saturated carbocycles. The molecule has 1 heterocycles. The van der Waals surface area contributed by atoms with E-state index in [0.29, 0.717) is 12.0 Å². The lowest BCUT2D eigenvalue weighted by Crippen LogP contribution is -2.27. The van der Waals surface area contributed by atoms with Crippen molar-refractivity contribution in [1.29, 1.82) is 0 Å². The summed E-state index contributed by atoms with van der Waals surface area (Å²) >= 11 is 11.5. The van der Waals surface area contributed by atoms with Gasteiger partial charge in [0.25, 0.3) is 0 Å². The summed E-state index contributed by atoms with van der Waals surface area (Å²) in [6.45, 7) is 2.25. The van der Waals surface area contributed by atoms with Crippen molar-refractivity contribution in [2.75, 3.05) is 5.32 Å². The third kappa shape index (κ3) is 3.95. The van der Waals surface area contributed by atoms with Crippen molar-refractivity contribution in [3.63, 3.8) is 0 Å². The van der Waals surface area contributed by atoms with Crippen LogP contribution in [0.2, 0.25) is 10.6 Å². The smallest absolute Gasteiger partial charge is 0.228 e. The van der Waals surface area contributed by atoms with Crippen molar-refractivity contribution in [2.24, 2.45) is 5.92 Å². The minimum absolute atomic E-state index is 0.136. The molecule has 0 aromatic carbocycles. The summed E-state index contributed by atoms with van der Waals surface area (Å²) in [5.74, 6) is 1.37. The Balaban J connectivity index is 1.87. The highest BCUT2D eigenvalue weighted by molar-refractivity contribution is 6.31. The van der Waals surface area contributed by atoms with Crippen LogP contribution < -0.4 is 5.32 Å². The van der Waals surface area contributed by atoms with Crippen LogP contribution in [0.5, 0.6) is 0 Å². The summed E-state index contributed by atoms with van der Waals surface area (Å²) in [5.41, 5.74) is 0. The molecule has 1 aliphatic carbocycles. The molecule has 0 unspecified atom stereocenters. The van der Waals surface area contributed by atoms with Gasteiger partial charge in [0.15, 0.2) is 0 Å². The summed E-state index contributed by atoms with van der Waals surface area (Å²) in [7, 11) is 0. The van der Waals surface area contributed by atoms with Gasteiger partial charge < -0.3 is 5.32 Å². The number of aromatic nitrogens is 3. The zero-order chi connectivity index (χ0) is 13.0. The van der Waals surface area contributed by atoms with E-state index in [0.717, 1.165) is 18.8 Å². The first-order valence-electron chi connectivity index (χ1n) is 6.51. The predicted molar refractivity (Wildman–Crippen MR) is 74.1 cm³/mol. The van der Waals surface area contributed by atoms with Crippen LogP contribution in [0.15, 0.2) is 0 Å². The molecule has 0 aliphatic heterocycles. The lowest BCUT2D eigenvalue weighted by atomic mass is 9.83. The maximum Gasteiger partial charge on any atom is 0.228 e. The van der Waals surface area contributed by atoms with Crippen molar-refractivity contribution in [3.8, 4) is 0 Å². The minimum atomic E-state index is 0.136. The van der Waals surface area contributed by atoms with Crippen LogP contribution in [-0.4, -0.2) is 21.0 Å². The van der Waals surface area contributed by atoms with Crippen LogP contribution in [-0.2, 0) is 0 Å². The Morgan fingerprint density at radius 1 is 1.06 bits per heavy atom. The van der Waals surface area contributed by atoms with E-state index in [1.807, 2.05) is 0 Å². The fraction of sp³-hybridized carbons (Fsp3) is 0.750. The Morgan fingerprint density at radius 3 is 2.22 bits per heavy atom. The van der Waals surface area contributed by atoms with E-state index < -0.39 is 0 Å². The lowest BCUT2D eigenvalue weighted by Gasteiger charge is -2.28. The van der Waals surface area contributed by atoms with Crippen LogP contribution in [0.4, 0.5) is 5.95 Å². The molecule has 2 rings (SSSR count). The molecule has 1 aromatic heterocycles. The fourth-order valence-corrected chi connectivity index (χ4v) is 2.94. The summed E-state index contributed by atoms with van der Waals surface area (Å²) in [4.78, 5) is 11.8. The number of anilines is 1. The Hall–Kier alpha value is -0.610. The van der Waals surface area contributed by atoms with E-state index in [2.05, 4.69) is 27.2 Å². The third-order valence-corrected chi connectivity index (χ3v) is 3.80. The summed E-state index contributed by atoms with van der Waals surface area (Å²) in [5, 5.41) is 3.57. The third-order valence-electron chi connectivity index (χ3n) is 3.46. The number of nitrogens with zero attached hydrogens (tertiary/aromatic N) is 3. The standard InChI is InChI=1S/C12H18Cl2N4/c1-2-3-8-4-6-9(7-5-8)15-12-17-10(13)16-11(14)18-12/h8-9H,2-7H2,1H3,(H,15,16,17,18). The average Bonchev–Trinajstić information content (AvgIpc) is 2.31. The highest BCUT2D eigenvalue weighted by atomic mass is 35.5. The molecule has 0 atom stereocenters. The molecular weight excluding hydrogens is 271 g/mol. The van der Waals surface area contributed by atoms with Gasteiger partial charge in [-0.1, -0.05) is 19.8 Å². The van der Waals surface area contributed by atoms with Gasteiger partial charge in [-0.25, -0.2) is 0 Å². The summed E-state index contributed by atoms with van der Waals surface area (Å²) in [6, 6.07) is 0.424. The van der Waals surface area contributed by atoms with Crippen molar-refractivity contribution in [3.05, 3.63) is 10.6 Å². The molecule has 0 saturated heterocycles. The molecule has 18 heavy (non-hydrogen) atoms. The summed E-state index contributed by atoms with van der Waals surface area (Å²) < 4.78 is 0. The quantitative estimate of drug-likeness (QED) is 0.911. The van der Waals surface area contributed by atoms with Crippen LogP contribution >= 0.6 is 23.2 Å². The van der Waals surface area contributed by atoms with Gasteiger partial charge in [0, 0.05) is 6.04 Å². The second kappa shape index (κ2) is 6.53. The second-order valence-corrected chi connectivity index (χ2v) is 5.52. The van der Waals surface area contributed by atoms with Crippen molar-refractivity contribution >= 4 is 29.2 Å². The van der Waals surface area contributed by atoms with Gasteiger partial charge in [0.2, 0.25) is 16.5 Å². The Morgan fingerprint density at radius 2 is 1.67 bits per heavy atom. The van der Waals surface area contributed by atoms with Crippen LogP contribution in [0.3, 0.4) is 0 Å². The number of halogens is 2. The molecule has 0 radical (unpaired) electrons. The second-order valence-electron chi connectivity index (χ2n) is 4.85. The van der Waals surface area contributed by atoms with Gasteiger partial charge in [-0.15, -0.1) is 0 Å². The van der Waals surface area contributed by atoms with Crippen LogP contribution in [0, 0.1) is 5.92 Å². The SMILES string of the molecule is CCCC1CCC(Nc2nc(Cl)nc(Cl)n2)CC1. The maximum atomic E-state index is 5.75. The predicted octanol–water partition coefficient (Wildman–Crippen LogP) is 3.95. The van der Waals surface area contributed by atoms with E-state index in [-0.39, 0.29) is 10.6 Å². The van der Waals surface area contributed by atoms with E-state index in [4.69, 9.17) is 23.2 Å². The number of hydrogen-bond acceptors (Lipinski definition) is 4. The van der Waals surface area contributed by atoms with E-state index in [1.165, 1.54) is 25.7 Å². The zero-order valence-corrected chi connectivity index (χ0v) is 12.0. The maximum absolute atomic E-state index is 5.75. The normalized spacial score (nSPS) is 23.9. The first-order valence-corrected chi connectivity index (χ1v) is 7.26. The first-order chi connectivity index (χ1) is 8.67. The molecule has 1 aromatic rings. The Kier molecular flexibility index (Phi) is 5.01. The van der Waals surface area contributed by atoms with E-state index >= 15 is 0 Å².